The summed E-state index contributed by atoms with van der Waals surface area (Å²) < 4.78 is 10.7. The molecule has 3 nitrogen and oxygen atoms in total. The van der Waals surface area contributed by atoms with Crippen LogP contribution >= 0.6 is 12.4 Å². The highest BCUT2D eigenvalue weighted by Crippen LogP contribution is 2.34. The Morgan fingerprint density at radius 2 is 1.50 bits per heavy atom. The van der Waals surface area contributed by atoms with Crippen molar-refractivity contribution in [3.63, 3.8) is 0 Å². The maximum absolute atomic E-state index is 5.38. The van der Waals surface area contributed by atoms with Crippen molar-refractivity contribution in [1.82, 2.24) is 4.98 Å². The van der Waals surface area contributed by atoms with Gasteiger partial charge in [-0.25, -0.2) is 0 Å². The fourth-order valence-electron chi connectivity index (χ4n) is 2.50. The summed E-state index contributed by atoms with van der Waals surface area (Å²) in [5.74, 6) is 1.46. The van der Waals surface area contributed by atoms with Crippen molar-refractivity contribution < 1.29 is 9.47 Å². The Morgan fingerprint density at radius 3 is 2.14 bits per heavy atom. The largest absolute Gasteiger partial charge is 0.493 e. The van der Waals surface area contributed by atoms with Crippen LogP contribution in [0.5, 0.6) is 11.5 Å². The molecule has 0 amide bonds. The van der Waals surface area contributed by atoms with Crippen LogP contribution in [0.4, 0.5) is 0 Å². The molecular weight excluding hydrogens is 298 g/mol. The first-order valence-electron chi connectivity index (χ1n) is 6.81. The summed E-state index contributed by atoms with van der Waals surface area (Å²) >= 11 is 0. The third-order valence-electron chi connectivity index (χ3n) is 3.60. The smallest absolute Gasteiger partial charge is 0.161 e. The number of hydrogen-bond donors (Lipinski definition) is 0. The van der Waals surface area contributed by atoms with E-state index in [2.05, 4.69) is 18.2 Å². The molecule has 0 spiro atoms. The molecule has 0 radical (unpaired) electrons. The number of hydrogen-bond acceptors (Lipinski definition) is 3. The number of nitrogens with zero attached hydrogens (tertiary/aromatic N) is 1. The van der Waals surface area contributed by atoms with Crippen LogP contribution in [0, 0.1) is 6.92 Å². The lowest BCUT2D eigenvalue weighted by molar-refractivity contribution is 0.356. The van der Waals surface area contributed by atoms with Gasteiger partial charge in [-0.05, 0) is 30.5 Å². The summed E-state index contributed by atoms with van der Waals surface area (Å²) in [6.45, 7) is 2.01. The maximum Gasteiger partial charge on any atom is 0.161 e. The molecule has 0 N–H and O–H groups in total. The monoisotopic (exact) mass is 315 g/mol. The zero-order valence-corrected chi connectivity index (χ0v) is 13.6. The Morgan fingerprint density at radius 1 is 0.864 bits per heavy atom. The lowest BCUT2D eigenvalue weighted by Gasteiger charge is -2.12. The second-order valence-electron chi connectivity index (χ2n) is 4.89. The number of pyridine rings is 1. The number of halogens is 1. The minimum atomic E-state index is 0. The van der Waals surface area contributed by atoms with Crippen LogP contribution in [0.2, 0.25) is 0 Å². The quantitative estimate of drug-likeness (QED) is 0.705. The summed E-state index contributed by atoms with van der Waals surface area (Å²) in [4.78, 5) is 4.71. The van der Waals surface area contributed by atoms with Gasteiger partial charge in [-0.2, -0.15) is 0 Å². The topological polar surface area (TPSA) is 31.4 Å². The molecule has 0 saturated carbocycles. The second kappa shape index (κ2) is 6.67. The number of rotatable bonds is 3. The van der Waals surface area contributed by atoms with E-state index in [1.54, 1.807) is 14.2 Å². The Kier molecular flexibility index (Phi) is 4.88. The van der Waals surface area contributed by atoms with Crippen LogP contribution in [-0.4, -0.2) is 19.2 Å². The van der Waals surface area contributed by atoms with Gasteiger partial charge in [-0.15, -0.1) is 12.4 Å². The normalized spacial score (nSPS) is 10.1. The van der Waals surface area contributed by atoms with Crippen molar-refractivity contribution in [2.24, 2.45) is 0 Å². The van der Waals surface area contributed by atoms with E-state index in [4.69, 9.17) is 14.5 Å². The second-order valence-corrected chi connectivity index (χ2v) is 4.89. The van der Waals surface area contributed by atoms with Gasteiger partial charge in [0.25, 0.3) is 0 Å². The average Bonchev–Trinajstić information content (AvgIpc) is 2.54. The van der Waals surface area contributed by atoms with Crippen LogP contribution in [0.25, 0.3) is 22.0 Å². The van der Waals surface area contributed by atoms with E-state index < -0.39 is 0 Å². The van der Waals surface area contributed by atoms with Gasteiger partial charge in [0.1, 0.15) is 0 Å². The van der Waals surface area contributed by atoms with Gasteiger partial charge in [0.15, 0.2) is 11.5 Å². The number of methoxy groups -OCH3 is 2. The van der Waals surface area contributed by atoms with Gasteiger partial charge in [-0.3, -0.25) is 4.98 Å². The highest BCUT2D eigenvalue weighted by atomic mass is 35.5. The van der Waals surface area contributed by atoms with E-state index >= 15 is 0 Å². The van der Waals surface area contributed by atoms with E-state index in [1.807, 2.05) is 37.3 Å². The van der Waals surface area contributed by atoms with Crippen molar-refractivity contribution in [2.75, 3.05) is 14.2 Å². The first kappa shape index (κ1) is 16.1. The van der Waals surface area contributed by atoms with Crippen molar-refractivity contribution >= 4 is 23.2 Å². The molecule has 0 fully saturated rings. The predicted molar refractivity (Wildman–Crippen MR) is 92.3 cm³/mol. The molecular formula is C18H18ClNO2. The van der Waals surface area contributed by atoms with E-state index in [-0.39, 0.29) is 12.4 Å². The Balaban J connectivity index is 0.00000176. The van der Waals surface area contributed by atoms with Crippen LogP contribution in [0.1, 0.15) is 5.69 Å². The molecule has 1 aromatic heterocycles. The van der Waals surface area contributed by atoms with Crippen LogP contribution in [0.15, 0.2) is 48.5 Å². The van der Waals surface area contributed by atoms with E-state index in [0.29, 0.717) is 0 Å². The standard InChI is InChI=1S/C18H17NO2.ClH/c1-12-15-11-18(21-3)17(20-2)10-14(15)9-16(19-12)13-7-5-4-6-8-13;/h4-11H,1-3H3;1H. The lowest BCUT2D eigenvalue weighted by Crippen LogP contribution is -1.94. The maximum atomic E-state index is 5.38. The molecule has 1 heterocycles. The third-order valence-corrected chi connectivity index (χ3v) is 3.60. The van der Waals surface area contributed by atoms with Crippen LogP contribution < -0.4 is 9.47 Å². The first-order valence-corrected chi connectivity index (χ1v) is 6.81. The fraction of sp³-hybridized carbons (Fsp3) is 0.167. The van der Waals surface area contributed by atoms with Crippen LogP contribution in [0.3, 0.4) is 0 Å². The molecule has 0 aliphatic carbocycles. The molecule has 4 heteroatoms. The Bertz CT molecular complexity index is 788. The fourth-order valence-corrected chi connectivity index (χ4v) is 2.50. The van der Waals surface area contributed by atoms with Gasteiger partial charge >= 0.3 is 0 Å². The SMILES string of the molecule is COc1cc2cc(-c3ccccc3)nc(C)c2cc1OC.Cl. The highest BCUT2D eigenvalue weighted by Gasteiger charge is 2.10. The Hall–Kier alpha value is -2.26. The third kappa shape index (κ3) is 2.85. The zero-order chi connectivity index (χ0) is 14.8. The molecule has 2 aromatic carbocycles. The van der Waals surface area contributed by atoms with Crippen molar-refractivity contribution in [3.8, 4) is 22.8 Å². The average molecular weight is 316 g/mol. The van der Waals surface area contributed by atoms with Crippen molar-refractivity contribution in [3.05, 3.63) is 54.2 Å². The first-order chi connectivity index (χ1) is 10.2. The summed E-state index contributed by atoms with van der Waals surface area (Å²) in [5, 5.41) is 2.17. The molecule has 0 bridgehead atoms. The molecule has 3 aromatic rings. The number of fused-ring (bicyclic) bond motifs is 1. The number of benzene rings is 2. The van der Waals surface area contributed by atoms with Gasteiger partial charge in [-0.1, -0.05) is 30.3 Å². The minimum Gasteiger partial charge on any atom is -0.493 e. The molecule has 0 unspecified atom stereocenters. The molecule has 22 heavy (non-hydrogen) atoms. The number of aromatic nitrogens is 1. The summed E-state index contributed by atoms with van der Waals surface area (Å²) in [5.41, 5.74) is 3.05. The summed E-state index contributed by atoms with van der Waals surface area (Å²) in [6, 6.07) is 16.2. The lowest BCUT2D eigenvalue weighted by atomic mass is 10.0. The van der Waals surface area contributed by atoms with Gasteiger partial charge in [0.05, 0.1) is 19.9 Å². The van der Waals surface area contributed by atoms with E-state index in [0.717, 1.165) is 39.2 Å². The van der Waals surface area contributed by atoms with Crippen molar-refractivity contribution in [2.45, 2.75) is 6.92 Å². The Labute approximate surface area is 136 Å². The number of aryl methyl sites for hydroxylation is 1. The van der Waals surface area contributed by atoms with E-state index in [1.165, 1.54) is 0 Å². The van der Waals surface area contributed by atoms with Crippen molar-refractivity contribution in [1.29, 1.82) is 0 Å². The molecule has 3 rings (SSSR count). The van der Waals surface area contributed by atoms with Crippen LogP contribution in [-0.2, 0) is 0 Å². The molecule has 0 aliphatic rings. The molecule has 0 saturated heterocycles. The molecule has 0 atom stereocenters. The minimum absolute atomic E-state index is 0. The van der Waals surface area contributed by atoms with E-state index in [9.17, 15) is 0 Å². The molecule has 0 aliphatic heterocycles. The van der Waals surface area contributed by atoms with Gasteiger partial charge in [0, 0.05) is 16.6 Å². The number of ether oxygens (including phenoxy) is 2. The van der Waals surface area contributed by atoms with Gasteiger partial charge in [0.2, 0.25) is 0 Å². The summed E-state index contributed by atoms with van der Waals surface area (Å²) in [6.07, 6.45) is 0. The summed E-state index contributed by atoms with van der Waals surface area (Å²) in [7, 11) is 3.29. The molecule has 114 valence electrons. The zero-order valence-electron chi connectivity index (χ0n) is 12.8. The predicted octanol–water partition coefficient (Wildman–Crippen LogP) is 4.65. The van der Waals surface area contributed by atoms with Gasteiger partial charge < -0.3 is 9.47 Å². The highest BCUT2D eigenvalue weighted by molar-refractivity contribution is 5.90.